The van der Waals surface area contributed by atoms with Crippen LogP contribution in [0.4, 0.5) is 4.79 Å². The van der Waals surface area contributed by atoms with Gasteiger partial charge in [-0.1, -0.05) is 51.1 Å². The number of nitrogens with one attached hydrogen (secondary N) is 2. The summed E-state index contributed by atoms with van der Waals surface area (Å²) < 4.78 is 0. The van der Waals surface area contributed by atoms with Crippen molar-refractivity contribution in [3.8, 4) is 0 Å². The molecular weight excluding hydrogens is 431 g/mol. The van der Waals surface area contributed by atoms with Gasteiger partial charge in [0.1, 0.15) is 6.04 Å². The number of benzene rings is 2. The second-order valence-electron chi connectivity index (χ2n) is 9.52. The van der Waals surface area contributed by atoms with Crippen molar-refractivity contribution in [1.82, 2.24) is 10.6 Å². The first kappa shape index (κ1) is 25.6. The van der Waals surface area contributed by atoms with Crippen LogP contribution in [0.1, 0.15) is 46.5 Å². The van der Waals surface area contributed by atoms with Crippen molar-refractivity contribution >= 4 is 42.1 Å². The van der Waals surface area contributed by atoms with Crippen LogP contribution in [0.25, 0.3) is 10.8 Å². The summed E-state index contributed by atoms with van der Waals surface area (Å²) >= 11 is 1.49. The zero-order valence-corrected chi connectivity index (χ0v) is 20.6. The molecule has 0 aromatic heterocycles. The number of hydrogen-bond donors (Lipinski definition) is 3. The van der Waals surface area contributed by atoms with E-state index in [4.69, 9.17) is 7.85 Å². The molecule has 1 aliphatic rings. The van der Waals surface area contributed by atoms with E-state index >= 15 is 0 Å². The second kappa shape index (κ2) is 11.9. The molecule has 0 bridgehead atoms. The van der Waals surface area contributed by atoms with Crippen molar-refractivity contribution in [2.45, 2.75) is 69.5 Å². The fourth-order valence-corrected chi connectivity index (χ4v) is 5.99. The molecule has 5 nitrogen and oxygen atoms in total. The molecular formula is C26H35BN2O3S. The van der Waals surface area contributed by atoms with Crippen LogP contribution in [-0.4, -0.2) is 48.6 Å². The highest BCUT2D eigenvalue weighted by molar-refractivity contribution is 7.99. The summed E-state index contributed by atoms with van der Waals surface area (Å²) in [5.41, 5.74) is 0. The summed E-state index contributed by atoms with van der Waals surface area (Å²) in [6.45, 7) is 6.46. The first-order valence-electron chi connectivity index (χ1n) is 11.9. The van der Waals surface area contributed by atoms with Gasteiger partial charge in [0.05, 0.1) is 12.1 Å². The molecule has 3 N–H and O–H groups in total. The molecule has 3 rings (SSSR count). The topological polar surface area (TPSA) is 78.4 Å². The first-order chi connectivity index (χ1) is 15.8. The number of carbonyl (C=O) groups is 2. The zero-order valence-electron chi connectivity index (χ0n) is 19.8. The van der Waals surface area contributed by atoms with Gasteiger partial charge in [-0.15, -0.1) is 11.8 Å². The third-order valence-electron chi connectivity index (χ3n) is 6.83. The Hall–Kier alpha value is -1.99. The van der Waals surface area contributed by atoms with Gasteiger partial charge in [-0.05, 0) is 66.3 Å². The predicted octanol–water partition coefficient (Wildman–Crippen LogP) is 4.51. The number of fused-ring (bicyclic) bond motifs is 1. The lowest BCUT2D eigenvalue weighted by atomic mass is 9.89. The summed E-state index contributed by atoms with van der Waals surface area (Å²) in [6, 6.07) is 13.1. The Bertz CT molecular complexity index is 956. The minimum atomic E-state index is -0.786. The number of aliphatic hydroxyl groups is 1. The number of hydrogen-bond acceptors (Lipinski definition) is 4. The van der Waals surface area contributed by atoms with Gasteiger partial charge >= 0.3 is 0 Å². The summed E-state index contributed by atoms with van der Waals surface area (Å²) in [6.07, 6.45) is 3.00. The van der Waals surface area contributed by atoms with Crippen LogP contribution in [0.15, 0.2) is 47.4 Å². The Balaban J connectivity index is 1.61. The zero-order chi connectivity index (χ0) is 24.0. The highest BCUT2D eigenvalue weighted by Gasteiger charge is 2.33. The van der Waals surface area contributed by atoms with Crippen molar-refractivity contribution in [2.24, 2.45) is 17.8 Å². The monoisotopic (exact) mass is 466 g/mol. The number of aliphatic hydroxyl groups excluding tert-OH is 1. The number of rotatable bonds is 10. The normalized spacial score (nSPS) is 23.1. The SMILES string of the molecule is [B]C(=O)N[C@H](CSc1ccc2ccccc2c1)C(=O)N[C@@H](CC)[C@H](O)CC1CC(C)CC1C. The third-order valence-corrected chi connectivity index (χ3v) is 7.92. The summed E-state index contributed by atoms with van der Waals surface area (Å²) in [7, 11) is 5.35. The molecule has 3 unspecified atom stereocenters. The van der Waals surface area contributed by atoms with Crippen LogP contribution in [0.5, 0.6) is 0 Å². The van der Waals surface area contributed by atoms with Crippen molar-refractivity contribution in [1.29, 1.82) is 0 Å². The lowest BCUT2D eigenvalue weighted by Crippen LogP contribution is -2.53. The Morgan fingerprint density at radius 2 is 1.85 bits per heavy atom. The van der Waals surface area contributed by atoms with Gasteiger partial charge in [-0.3, -0.25) is 9.59 Å². The lowest BCUT2D eigenvalue weighted by molar-refractivity contribution is -0.124. The van der Waals surface area contributed by atoms with Gasteiger partial charge in [-0.25, -0.2) is 0 Å². The van der Waals surface area contributed by atoms with Crippen LogP contribution >= 0.6 is 11.8 Å². The molecule has 2 radical (unpaired) electrons. The predicted molar refractivity (Wildman–Crippen MR) is 137 cm³/mol. The molecule has 176 valence electrons. The summed E-state index contributed by atoms with van der Waals surface area (Å²) in [5, 5.41) is 18.7. The lowest BCUT2D eigenvalue weighted by Gasteiger charge is -2.28. The average Bonchev–Trinajstić information content (AvgIpc) is 3.10. The number of carbonyl (C=O) groups excluding carboxylic acids is 2. The van der Waals surface area contributed by atoms with Gasteiger partial charge in [0.25, 0.3) is 0 Å². The van der Waals surface area contributed by atoms with Crippen molar-refractivity contribution in [2.75, 3.05) is 5.75 Å². The van der Waals surface area contributed by atoms with Crippen LogP contribution in [-0.2, 0) is 4.79 Å². The van der Waals surface area contributed by atoms with E-state index in [-0.39, 0.29) is 11.9 Å². The highest BCUT2D eigenvalue weighted by Crippen LogP contribution is 2.38. The number of amides is 2. The molecule has 33 heavy (non-hydrogen) atoms. The minimum absolute atomic E-state index is 0.319. The Morgan fingerprint density at radius 3 is 2.48 bits per heavy atom. The molecule has 6 atom stereocenters. The van der Waals surface area contributed by atoms with E-state index in [2.05, 4.69) is 36.6 Å². The first-order valence-corrected chi connectivity index (χ1v) is 12.9. The number of thioether (sulfide) groups is 1. The van der Waals surface area contributed by atoms with E-state index in [9.17, 15) is 14.7 Å². The average molecular weight is 466 g/mol. The maximum absolute atomic E-state index is 13.0. The van der Waals surface area contributed by atoms with Crippen molar-refractivity contribution in [3.63, 3.8) is 0 Å². The fraction of sp³-hybridized carbons (Fsp3) is 0.538. The van der Waals surface area contributed by atoms with Crippen molar-refractivity contribution < 1.29 is 14.7 Å². The fourth-order valence-electron chi connectivity index (χ4n) is 5.02. The molecule has 0 heterocycles. The van der Waals surface area contributed by atoms with Gasteiger partial charge in [0.2, 0.25) is 13.8 Å². The third kappa shape index (κ3) is 7.25. The van der Waals surface area contributed by atoms with E-state index in [1.807, 2.05) is 37.3 Å². The van der Waals surface area contributed by atoms with Crippen LogP contribution in [0, 0.1) is 17.8 Å². The van der Waals surface area contributed by atoms with Crippen LogP contribution < -0.4 is 10.6 Å². The van der Waals surface area contributed by atoms with E-state index in [0.29, 0.717) is 36.3 Å². The van der Waals surface area contributed by atoms with Gasteiger partial charge in [0, 0.05) is 10.6 Å². The Kier molecular flexibility index (Phi) is 9.27. The molecule has 7 heteroatoms. The Labute approximate surface area is 202 Å². The second-order valence-corrected chi connectivity index (χ2v) is 10.6. The van der Waals surface area contributed by atoms with Gasteiger partial charge in [0.15, 0.2) is 5.81 Å². The Morgan fingerprint density at radius 1 is 1.12 bits per heavy atom. The standard InChI is InChI=1S/C26H35BN2O3S/c1-4-22(24(30)14-20-12-16(2)11-17(20)3)28-25(31)23(29-26(27)32)15-33-21-10-9-18-7-5-6-8-19(18)13-21/h5-10,13,16-17,20,22-24,30H,4,11-12,14-15H2,1-3H3,(H,28,31)(H,29,32)/t16?,17?,20?,22-,23+,24+/m0/s1. The van der Waals surface area contributed by atoms with Crippen LogP contribution in [0.2, 0.25) is 0 Å². The molecule has 2 aromatic rings. The summed E-state index contributed by atoms with van der Waals surface area (Å²) in [4.78, 5) is 25.6. The maximum Gasteiger partial charge on any atom is 0.243 e. The highest BCUT2D eigenvalue weighted by atomic mass is 32.2. The molecule has 0 aliphatic heterocycles. The molecule has 1 saturated carbocycles. The largest absolute Gasteiger partial charge is 0.391 e. The van der Waals surface area contributed by atoms with Crippen molar-refractivity contribution in [3.05, 3.63) is 42.5 Å². The molecule has 0 saturated heterocycles. The van der Waals surface area contributed by atoms with E-state index in [1.54, 1.807) is 0 Å². The molecule has 1 aliphatic carbocycles. The van der Waals surface area contributed by atoms with Gasteiger partial charge < -0.3 is 15.7 Å². The van der Waals surface area contributed by atoms with E-state index in [1.165, 1.54) is 18.2 Å². The van der Waals surface area contributed by atoms with E-state index in [0.717, 1.165) is 22.1 Å². The smallest absolute Gasteiger partial charge is 0.243 e. The minimum Gasteiger partial charge on any atom is -0.391 e. The summed E-state index contributed by atoms with van der Waals surface area (Å²) in [5.74, 6) is 1.03. The quantitative estimate of drug-likeness (QED) is 0.356. The molecule has 2 aromatic carbocycles. The van der Waals surface area contributed by atoms with Crippen LogP contribution in [0.3, 0.4) is 0 Å². The maximum atomic E-state index is 13.0. The van der Waals surface area contributed by atoms with Gasteiger partial charge in [-0.2, -0.15) is 0 Å². The van der Waals surface area contributed by atoms with E-state index < -0.39 is 18.0 Å². The molecule has 2 amide bonds. The molecule has 0 spiro atoms. The molecule has 1 fully saturated rings.